The van der Waals surface area contributed by atoms with E-state index in [-0.39, 0.29) is 11.8 Å². The van der Waals surface area contributed by atoms with E-state index in [4.69, 9.17) is 11.6 Å². The molecule has 0 saturated carbocycles. The second kappa shape index (κ2) is 6.72. The Morgan fingerprint density at radius 2 is 1.85 bits per heavy atom. The number of nitrogens with one attached hydrogen (secondary N) is 1. The molecule has 1 aliphatic heterocycles. The molecule has 0 bridgehead atoms. The normalized spacial score (nSPS) is 15.3. The van der Waals surface area contributed by atoms with Crippen molar-refractivity contribution < 1.29 is 9.59 Å². The molecule has 0 aromatic heterocycles. The summed E-state index contributed by atoms with van der Waals surface area (Å²) in [4.78, 5) is 27.6. The van der Waals surface area contributed by atoms with Crippen LogP contribution in [0.5, 0.6) is 0 Å². The summed E-state index contributed by atoms with van der Waals surface area (Å²) < 4.78 is 0. The van der Waals surface area contributed by atoms with Crippen molar-refractivity contribution in [2.45, 2.75) is 0 Å². The number of amides is 2. The SMILES string of the molecule is CNCC(=O)N1CCN(C(=O)c2cccc(Cl)c2)CC1. The van der Waals surface area contributed by atoms with Gasteiger partial charge in [0.15, 0.2) is 0 Å². The van der Waals surface area contributed by atoms with Crippen molar-refractivity contribution >= 4 is 23.4 Å². The fourth-order valence-corrected chi connectivity index (χ4v) is 2.42. The van der Waals surface area contributed by atoms with Gasteiger partial charge in [0.2, 0.25) is 5.91 Å². The number of hydrogen-bond donors (Lipinski definition) is 1. The summed E-state index contributed by atoms with van der Waals surface area (Å²) >= 11 is 5.90. The summed E-state index contributed by atoms with van der Waals surface area (Å²) in [5, 5.41) is 3.40. The Morgan fingerprint density at radius 1 is 1.20 bits per heavy atom. The Balaban J connectivity index is 1.93. The predicted molar refractivity (Wildman–Crippen MR) is 77.9 cm³/mol. The monoisotopic (exact) mass is 295 g/mol. The molecule has 1 aromatic carbocycles. The third-order valence-corrected chi connectivity index (χ3v) is 3.55. The van der Waals surface area contributed by atoms with Crippen LogP contribution in [0.2, 0.25) is 5.02 Å². The van der Waals surface area contributed by atoms with Gasteiger partial charge in [-0.3, -0.25) is 9.59 Å². The van der Waals surface area contributed by atoms with Crippen LogP contribution in [-0.4, -0.2) is 61.4 Å². The first-order chi connectivity index (χ1) is 9.61. The zero-order chi connectivity index (χ0) is 14.5. The minimum atomic E-state index is -0.0341. The Kier molecular flexibility index (Phi) is 4.98. The lowest BCUT2D eigenvalue weighted by Gasteiger charge is -2.34. The molecule has 1 heterocycles. The summed E-state index contributed by atoms with van der Waals surface area (Å²) in [5.41, 5.74) is 0.590. The second-order valence-electron chi connectivity index (χ2n) is 4.71. The highest BCUT2D eigenvalue weighted by Gasteiger charge is 2.24. The zero-order valence-corrected chi connectivity index (χ0v) is 12.2. The van der Waals surface area contributed by atoms with Gasteiger partial charge in [-0.1, -0.05) is 17.7 Å². The Bertz CT molecular complexity index is 499. The average molecular weight is 296 g/mol. The second-order valence-corrected chi connectivity index (χ2v) is 5.15. The lowest BCUT2D eigenvalue weighted by atomic mass is 10.2. The molecule has 1 fully saturated rings. The number of carbonyl (C=O) groups is 2. The fourth-order valence-electron chi connectivity index (χ4n) is 2.23. The van der Waals surface area contributed by atoms with Gasteiger partial charge in [0.05, 0.1) is 6.54 Å². The van der Waals surface area contributed by atoms with Crippen molar-refractivity contribution in [2.24, 2.45) is 0 Å². The molecule has 20 heavy (non-hydrogen) atoms. The Labute approximate surface area is 123 Å². The minimum absolute atomic E-state index is 0.0341. The molecule has 0 atom stereocenters. The number of likely N-dealkylation sites (N-methyl/N-ethyl adjacent to an activating group) is 1. The third-order valence-electron chi connectivity index (χ3n) is 3.32. The van der Waals surface area contributed by atoms with Crippen molar-refractivity contribution in [2.75, 3.05) is 39.8 Å². The van der Waals surface area contributed by atoms with Crippen molar-refractivity contribution in [3.05, 3.63) is 34.9 Å². The first kappa shape index (κ1) is 14.8. The van der Waals surface area contributed by atoms with E-state index in [2.05, 4.69) is 5.32 Å². The van der Waals surface area contributed by atoms with Crippen LogP contribution in [0, 0.1) is 0 Å². The van der Waals surface area contributed by atoms with Gasteiger partial charge in [-0.2, -0.15) is 0 Å². The van der Waals surface area contributed by atoms with E-state index in [9.17, 15) is 9.59 Å². The largest absolute Gasteiger partial charge is 0.338 e. The molecule has 6 heteroatoms. The van der Waals surface area contributed by atoms with Gasteiger partial charge in [-0.25, -0.2) is 0 Å². The summed E-state index contributed by atoms with van der Waals surface area (Å²) in [7, 11) is 1.75. The molecular formula is C14H18ClN3O2. The zero-order valence-electron chi connectivity index (χ0n) is 11.4. The molecule has 1 N–H and O–H groups in total. The smallest absolute Gasteiger partial charge is 0.254 e. The summed E-state index contributed by atoms with van der Waals surface area (Å²) in [5.74, 6) is 0.0376. The number of piperazine rings is 1. The summed E-state index contributed by atoms with van der Waals surface area (Å²) in [6.07, 6.45) is 0. The first-order valence-corrected chi connectivity index (χ1v) is 6.97. The van der Waals surface area contributed by atoms with Crippen molar-refractivity contribution in [3.8, 4) is 0 Å². The molecule has 108 valence electrons. The van der Waals surface area contributed by atoms with E-state index in [1.807, 2.05) is 0 Å². The molecule has 0 aliphatic carbocycles. The summed E-state index contributed by atoms with van der Waals surface area (Å²) in [6.45, 7) is 2.60. The van der Waals surface area contributed by atoms with E-state index < -0.39 is 0 Å². The van der Waals surface area contributed by atoms with E-state index in [1.165, 1.54) is 0 Å². The average Bonchev–Trinajstić information content (AvgIpc) is 2.47. The van der Waals surface area contributed by atoms with E-state index in [1.54, 1.807) is 41.1 Å². The van der Waals surface area contributed by atoms with Crippen LogP contribution in [-0.2, 0) is 4.79 Å². The van der Waals surface area contributed by atoms with Gasteiger partial charge >= 0.3 is 0 Å². The van der Waals surface area contributed by atoms with Gasteiger partial charge in [0.1, 0.15) is 0 Å². The quantitative estimate of drug-likeness (QED) is 0.899. The lowest BCUT2D eigenvalue weighted by molar-refractivity contribution is -0.131. The number of nitrogens with zero attached hydrogens (tertiary/aromatic N) is 2. The number of carbonyl (C=O) groups excluding carboxylic acids is 2. The highest BCUT2D eigenvalue weighted by Crippen LogP contribution is 2.14. The van der Waals surface area contributed by atoms with Crippen LogP contribution >= 0.6 is 11.6 Å². The van der Waals surface area contributed by atoms with Crippen molar-refractivity contribution in [1.82, 2.24) is 15.1 Å². The minimum Gasteiger partial charge on any atom is -0.338 e. The van der Waals surface area contributed by atoms with Gasteiger partial charge in [-0.05, 0) is 25.2 Å². The van der Waals surface area contributed by atoms with E-state index >= 15 is 0 Å². The highest BCUT2D eigenvalue weighted by molar-refractivity contribution is 6.30. The maximum atomic E-state index is 12.3. The number of halogens is 1. The van der Waals surface area contributed by atoms with Crippen molar-refractivity contribution in [3.63, 3.8) is 0 Å². The number of benzene rings is 1. The number of hydrogen-bond acceptors (Lipinski definition) is 3. The van der Waals surface area contributed by atoms with Crippen LogP contribution in [0.3, 0.4) is 0 Å². The first-order valence-electron chi connectivity index (χ1n) is 6.59. The van der Waals surface area contributed by atoms with Crippen molar-refractivity contribution in [1.29, 1.82) is 0 Å². The molecule has 2 rings (SSSR count). The van der Waals surface area contributed by atoms with Gasteiger partial charge in [-0.15, -0.1) is 0 Å². The molecule has 0 unspecified atom stereocenters. The van der Waals surface area contributed by atoms with Crippen LogP contribution in [0.1, 0.15) is 10.4 Å². The van der Waals surface area contributed by atoms with E-state index in [0.717, 1.165) is 0 Å². The predicted octanol–water partition coefficient (Wildman–Crippen LogP) is 0.844. The van der Waals surface area contributed by atoms with Crippen LogP contribution < -0.4 is 5.32 Å². The van der Waals surface area contributed by atoms with Crippen LogP contribution in [0.4, 0.5) is 0 Å². The molecule has 1 aliphatic rings. The van der Waals surface area contributed by atoms with Gasteiger partial charge in [0, 0.05) is 36.8 Å². The molecule has 1 aromatic rings. The Hall–Kier alpha value is -1.59. The molecule has 0 radical (unpaired) electrons. The molecule has 2 amide bonds. The van der Waals surface area contributed by atoms with Gasteiger partial charge < -0.3 is 15.1 Å². The van der Waals surface area contributed by atoms with Crippen LogP contribution in [0.25, 0.3) is 0 Å². The molecule has 0 spiro atoms. The third kappa shape index (κ3) is 3.49. The number of rotatable bonds is 3. The highest BCUT2D eigenvalue weighted by atomic mass is 35.5. The summed E-state index contributed by atoms with van der Waals surface area (Å²) in [6, 6.07) is 6.93. The van der Waals surface area contributed by atoms with Crippen LogP contribution in [0.15, 0.2) is 24.3 Å². The van der Waals surface area contributed by atoms with Gasteiger partial charge in [0.25, 0.3) is 5.91 Å². The molecular weight excluding hydrogens is 278 g/mol. The Morgan fingerprint density at radius 3 is 2.45 bits per heavy atom. The molecule has 1 saturated heterocycles. The van der Waals surface area contributed by atoms with E-state index in [0.29, 0.717) is 43.3 Å². The molecule has 5 nitrogen and oxygen atoms in total. The lowest BCUT2D eigenvalue weighted by Crippen LogP contribution is -2.52. The standard InChI is InChI=1S/C14H18ClN3O2/c1-16-10-13(19)17-5-7-18(8-6-17)14(20)11-3-2-4-12(15)9-11/h2-4,9,16H,5-8,10H2,1H3. The topological polar surface area (TPSA) is 52.7 Å². The fraction of sp³-hybridized carbons (Fsp3) is 0.429. The maximum absolute atomic E-state index is 12.3. The maximum Gasteiger partial charge on any atom is 0.254 e.